The predicted octanol–water partition coefficient (Wildman–Crippen LogP) is -0.616. The molecule has 6 nitrogen and oxygen atoms in total. The van der Waals surface area contributed by atoms with Crippen LogP contribution in [0.3, 0.4) is 0 Å². The molecular formula is C7H9F2NO5. The number of alkyl halides is 2. The van der Waals surface area contributed by atoms with Gasteiger partial charge in [0.25, 0.3) is 5.91 Å². The van der Waals surface area contributed by atoms with Gasteiger partial charge in [-0.1, -0.05) is 0 Å². The second-order valence-electron chi connectivity index (χ2n) is 2.48. The van der Waals surface area contributed by atoms with Crippen LogP contribution in [0.25, 0.3) is 0 Å². The van der Waals surface area contributed by atoms with Crippen molar-refractivity contribution in [2.24, 2.45) is 0 Å². The molecule has 0 unspecified atom stereocenters. The van der Waals surface area contributed by atoms with Crippen LogP contribution in [0.4, 0.5) is 8.78 Å². The number of ether oxygens (including phenoxy) is 1. The van der Waals surface area contributed by atoms with Gasteiger partial charge in [-0.3, -0.25) is 9.59 Å². The number of nitrogens with one attached hydrogen (secondary N) is 1. The average Bonchev–Trinajstić information content (AvgIpc) is 2.15. The van der Waals surface area contributed by atoms with E-state index in [2.05, 4.69) is 4.74 Å². The molecule has 0 aliphatic heterocycles. The molecule has 0 spiro atoms. The molecular weight excluding hydrogens is 216 g/mol. The predicted molar refractivity (Wildman–Crippen MR) is 42.2 cm³/mol. The minimum atomic E-state index is -3.33. The molecule has 0 saturated heterocycles. The summed E-state index contributed by atoms with van der Waals surface area (Å²) in [7, 11) is 1.01. The van der Waals surface area contributed by atoms with Gasteiger partial charge in [0.05, 0.1) is 13.5 Å². The van der Waals surface area contributed by atoms with Gasteiger partial charge in [0.1, 0.15) is 6.04 Å². The van der Waals surface area contributed by atoms with Crippen molar-refractivity contribution in [3.05, 3.63) is 0 Å². The maximum atomic E-state index is 11.8. The van der Waals surface area contributed by atoms with Gasteiger partial charge < -0.3 is 15.2 Å². The van der Waals surface area contributed by atoms with Crippen molar-refractivity contribution in [1.82, 2.24) is 5.32 Å². The zero-order chi connectivity index (χ0) is 12.0. The number of esters is 1. The number of hydrogen-bond acceptors (Lipinski definition) is 4. The highest BCUT2D eigenvalue weighted by Crippen LogP contribution is 1.98. The lowest BCUT2D eigenvalue weighted by Crippen LogP contribution is -2.44. The summed E-state index contributed by atoms with van der Waals surface area (Å²) in [5.41, 5.74) is 0. The van der Waals surface area contributed by atoms with E-state index in [1.54, 1.807) is 0 Å². The standard InChI is InChI=1S/C7H9F2NO5/c1-15-4(11)2-3(7(13)14)10-6(12)5(8)9/h3,5H,2H2,1H3,(H,10,12)(H,13,14)/t3-/m0/s1. The van der Waals surface area contributed by atoms with E-state index in [-0.39, 0.29) is 0 Å². The highest BCUT2D eigenvalue weighted by molar-refractivity contribution is 5.88. The number of carbonyl (C=O) groups is 3. The maximum Gasteiger partial charge on any atom is 0.326 e. The fourth-order valence-corrected chi connectivity index (χ4v) is 0.685. The first-order chi connectivity index (χ1) is 6.88. The van der Waals surface area contributed by atoms with Crippen molar-refractivity contribution in [3.63, 3.8) is 0 Å². The van der Waals surface area contributed by atoms with Crippen LogP contribution in [0, 0.1) is 0 Å². The SMILES string of the molecule is COC(=O)C[C@H](NC(=O)C(F)F)C(=O)O. The summed E-state index contributed by atoms with van der Waals surface area (Å²) in [6, 6.07) is -1.71. The Morgan fingerprint density at radius 2 is 1.93 bits per heavy atom. The molecule has 15 heavy (non-hydrogen) atoms. The van der Waals surface area contributed by atoms with E-state index >= 15 is 0 Å². The molecule has 0 saturated carbocycles. The molecule has 0 aliphatic carbocycles. The average molecular weight is 225 g/mol. The Bertz CT molecular complexity index is 268. The van der Waals surface area contributed by atoms with Crippen LogP contribution in [0.5, 0.6) is 0 Å². The molecule has 0 aromatic carbocycles. The van der Waals surface area contributed by atoms with Crippen molar-refractivity contribution in [1.29, 1.82) is 0 Å². The highest BCUT2D eigenvalue weighted by atomic mass is 19.3. The van der Waals surface area contributed by atoms with Gasteiger partial charge in [0.2, 0.25) is 0 Å². The molecule has 86 valence electrons. The molecule has 2 N–H and O–H groups in total. The van der Waals surface area contributed by atoms with Crippen LogP contribution < -0.4 is 5.32 Å². The molecule has 0 rings (SSSR count). The normalized spacial score (nSPS) is 12.0. The summed E-state index contributed by atoms with van der Waals surface area (Å²) in [6.45, 7) is 0. The lowest BCUT2D eigenvalue weighted by molar-refractivity contribution is -0.149. The lowest BCUT2D eigenvalue weighted by atomic mass is 10.2. The second-order valence-corrected chi connectivity index (χ2v) is 2.48. The van der Waals surface area contributed by atoms with Crippen molar-refractivity contribution < 1.29 is 33.0 Å². The molecule has 0 radical (unpaired) electrons. The zero-order valence-corrected chi connectivity index (χ0v) is 7.70. The summed E-state index contributed by atoms with van der Waals surface area (Å²) >= 11 is 0. The smallest absolute Gasteiger partial charge is 0.326 e. The molecule has 0 aromatic rings. The molecule has 0 bridgehead atoms. The number of amides is 1. The summed E-state index contributed by atoms with van der Waals surface area (Å²) in [5.74, 6) is -4.25. The number of carboxylic acids is 1. The van der Waals surface area contributed by atoms with Crippen LogP contribution in [0.1, 0.15) is 6.42 Å². The van der Waals surface area contributed by atoms with Crippen molar-refractivity contribution in [2.75, 3.05) is 7.11 Å². The van der Waals surface area contributed by atoms with E-state index in [0.717, 1.165) is 7.11 Å². The Morgan fingerprint density at radius 1 is 1.40 bits per heavy atom. The fraction of sp³-hybridized carbons (Fsp3) is 0.571. The van der Waals surface area contributed by atoms with Crippen LogP contribution in [0.2, 0.25) is 0 Å². The van der Waals surface area contributed by atoms with Gasteiger partial charge in [-0.25, -0.2) is 4.79 Å². The lowest BCUT2D eigenvalue weighted by Gasteiger charge is -2.12. The Labute approximate surface area is 83.2 Å². The Hall–Kier alpha value is -1.73. The summed E-state index contributed by atoms with van der Waals surface area (Å²) in [5, 5.41) is 9.97. The molecule has 1 atom stereocenters. The number of methoxy groups -OCH3 is 1. The van der Waals surface area contributed by atoms with Gasteiger partial charge in [0, 0.05) is 0 Å². The van der Waals surface area contributed by atoms with Crippen molar-refractivity contribution >= 4 is 17.8 Å². The fourth-order valence-electron chi connectivity index (χ4n) is 0.685. The van der Waals surface area contributed by atoms with Gasteiger partial charge in [-0.05, 0) is 0 Å². The Kier molecular flexibility index (Phi) is 5.21. The third-order valence-corrected chi connectivity index (χ3v) is 1.41. The van der Waals surface area contributed by atoms with E-state index < -0.39 is 36.7 Å². The zero-order valence-electron chi connectivity index (χ0n) is 7.70. The van der Waals surface area contributed by atoms with Crippen LogP contribution in [-0.2, 0) is 19.1 Å². The number of hydrogen-bond donors (Lipinski definition) is 2. The van der Waals surface area contributed by atoms with Gasteiger partial charge in [-0.2, -0.15) is 8.78 Å². The first-order valence-electron chi connectivity index (χ1n) is 3.76. The Morgan fingerprint density at radius 3 is 2.27 bits per heavy atom. The molecule has 0 heterocycles. The number of halogens is 2. The number of rotatable bonds is 5. The molecule has 1 amide bonds. The minimum absolute atomic E-state index is 0.704. The summed E-state index contributed by atoms with van der Waals surface area (Å²) < 4.78 is 27.6. The monoisotopic (exact) mass is 225 g/mol. The highest BCUT2D eigenvalue weighted by Gasteiger charge is 2.27. The third kappa shape index (κ3) is 4.89. The maximum absolute atomic E-state index is 11.8. The van der Waals surface area contributed by atoms with E-state index in [4.69, 9.17) is 5.11 Å². The summed E-state index contributed by atoms with van der Waals surface area (Å²) in [6.07, 6.45) is -4.03. The van der Waals surface area contributed by atoms with E-state index in [0.29, 0.717) is 0 Å². The number of carbonyl (C=O) groups excluding carboxylic acids is 2. The first-order valence-corrected chi connectivity index (χ1v) is 3.76. The Balaban J connectivity index is 4.35. The quantitative estimate of drug-likeness (QED) is 0.608. The summed E-state index contributed by atoms with van der Waals surface area (Å²) in [4.78, 5) is 31.5. The minimum Gasteiger partial charge on any atom is -0.480 e. The van der Waals surface area contributed by atoms with Crippen LogP contribution in [-0.4, -0.2) is 42.5 Å². The van der Waals surface area contributed by atoms with E-state index in [1.165, 1.54) is 5.32 Å². The third-order valence-electron chi connectivity index (χ3n) is 1.41. The van der Waals surface area contributed by atoms with Gasteiger partial charge in [0.15, 0.2) is 0 Å². The second kappa shape index (κ2) is 5.89. The largest absolute Gasteiger partial charge is 0.480 e. The van der Waals surface area contributed by atoms with Gasteiger partial charge in [-0.15, -0.1) is 0 Å². The first kappa shape index (κ1) is 13.3. The molecule has 0 aromatic heterocycles. The number of carboxylic acid groups (broad SMARTS) is 1. The van der Waals surface area contributed by atoms with E-state index in [1.807, 2.05) is 0 Å². The number of aliphatic carboxylic acids is 1. The van der Waals surface area contributed by atoms with Crippen LogP contribution >= 0.6 is 0 Å². The topological polar surface area (TPSA) is 92.7 Å². The van der Waals surface area contributed by atoms with Crippen molar-refractivity contribution in [3.8, 4) is 0 Å². The van der Waals surface area contributed by atoms with E-state index in [9.17, 15) is 23.2 Å². The van der Waals surface area contributed by atoms with Crippen LogP contribution in [0.15, 0.2) is 0 Å². The molecule has 0 aliphatic rings. The van der Waals surface area contributed by atoms with Crippen molar-refractivity contribution in [2.45, 2.75) is 18.9 Å². The van der Waals surface area contributed by atoms with Gasteiger partial charge >= 0.3 is 18.4 Å². The molecule has 8 heteroatoms. The molecule has 0 fully saturated rings.